The Kier molecular flexibility index (Phi) is 4.35. The molecule has 0 aliphatic heterocycles. The molecule has 1 N–H and O–H groups in total. The first-order valence-electron chi connectivity index (χ1n) is 8.02. The Labute approximate surface area is 146 Å². The standard InChI is InChI=1S/C19H20N4O2/c1-10-6-7-11(2)15(8-10)19(24)22-17-16(12(3)9-13(4)20-17)18-21-14(5)25-23-18/h6-9H,1-5H3,(H,20,22,24). The van der Waals surface area contributed by atoms with E-state index in [9.17, 15) is 4.79 Å². The van der Waals surface area contributed by atoms with Crippen LogP contribution in [0, 0.1) is 34.6 Å². The van der Waals surface area contributed by atoms with E-state index in [4.69, 9.17) is 4.52 Å². The molecule has 128 valence electrons. The van der Waals surface area contributed by atoms with Crippen molar-refractivity contribution in [3.05, 3.63) is 58.1 Å². The summed E-state index contributed by atoms with van der Waals surface area (Å²) in [5.41, 5.74) is 4.95. The molecule has 0 unspecified atom stereocenters. The number of aromatic nitrogens is 3. The molecule has 25 heavy (non-hydrogen) atoms. The van der Waals surface area contributed by atoms with Crippen LogP contribution in [0.5, 0.6) is 0 Å². The van der Waals surface area contributed by atoms with Crippen molar-refractivity contribution in [3.8, 4) is 11.4 Å². The highest BCUT2D eigenvalue weighted by atomic mass is 16.5. The van der Waals surface area contributed by atoms with Crippen LogP contribution < -0.4 is 5.32 Å². The van der Waals surface area contributed by atoms with Gasteiger partial charge < -0.3 is 9.84 Å². The zero-order valence-corrected chi connectivity index (χ0v) is 15.0. The lowest BCUT2D eigenvalue weighted by Crippen LogP contribution is -2.16. The highest BCUT2D eigenvalue weighted by molar-refractivity contribution is 6.06. The third-order valence-corrected chi connectivity index (χ3v) is 3.97. The molecule has 0 spiro atoms. The van der Waals surface area contributed by atoms with Gasteiger partial charge in [-0.3, -0.25) is 4.79 Å². The Morgan fingerprint density at radius 2 is 1.76 bits per heavy atom. The van der Waals surface area contributed by atoms with Crippen molar-refractivity contribution in [2.45, 2.75) is 34.6 Å². The Bertz CT molecular complexity index is 960. The van der Waals surface area contributed by atoms with Gasteiger partial charge in [0, 0.05) is 18.2 Å². The van der Waals surface area contributed by atoms with Gasteiger partial charge in [-0.2, -0.15) is 4.98 Å². The monoisotopic (exact) mass is 336 g/mol. The molecule has 0 saturated heterocycles. The molecule has 3 rings (SSSR count). The SMILES string of the molecule is Cc1ccc(C)c(C(=O)Nc2nc(C)cc(C)c2-c2noc(C)n2)c1. The van der Waals surface area contributed by atoms with Gasteiger partial charge in [0.15, 0.2) is 0 Å². The fourth-order valence-corrected chi connectivity index (χ4v) is 2.77. The third kappa shape index (κ3) is 3.42. The van der Waals surface area contributed by atoms with Crippen LogP contribution in [0.1, 0.15) is 38.6 Å². The Morgan fingerprint density at radius 3 is 2.44 bits per heavy atom. The molecule has 3 aromatic rings. The van der Waals surface area contributed by atoms with Gasteiger partial charge in [-0.15, -0.1) is 0 Å². The molecule has 2 aromatic heterocycles. The summed E-state index contributed by atoms with van der Waals surface area (Å²) in [6.45, 7) is 9.41. The minimum Gasteiger partial charge on any atom is -0.339 e. The van der Waals surface area contributed by atoms with Gasteiger partial charge in [0.1, 0.15) is 5.82 Å². The van der Waals surface area contributed by atoms with Crippen molar-refractivity contribution in [2.75, 3.05) is 5.32 Å². The van der Waals surface area contributed by atoms with Crippen LogP contribution in [0.15, 0.2) is 28.8 Å². The minimum absolute atomic E-state index is 0.208. The molecule has 0 aliphatic rings. The fraction of sp³-hybridized carbons (Fsp3) is 0.263. The van der Waals surface area contributed by atoms with Crippen LogP contribution >= 0.6 is 0 Å². The molecule has 0 fully saturated rings. The number of aryl methyl sites for hydroxylation is 5. The maximum atomic E-state index is 12.8. The summed E-state index contributed by atoms with van der Waals surface area (Å²) < 4.78 is 5.08. The summed E-state index contributed by atoms with van der Waals surface area (Å²) in [6.07, 6.45) is 0. The molecule has 2 heterocycles. The second-order valence-corrected chi connectivity index (χ2v) is 6.21. The van der Waals surface area contributed by atoms with Crippen molar-refractivity contribution in [3.63, 3.8) is 0 Å². The number of amides is 1. The van der Waals surface area contributed by atoms with Gasteiger partial charge in [0.25, 0.3) is 5.91 Å². The summed E-state index contributed by atoms with van der Waals surface area (Å²) in [6, 6.07) is 7.71. The number of hydrogen-bond donors (Lipinski definition) is 1. The van der Waals surface area contributed by atoms with Crippen LogP contribution in [-0.2, 0) is 0 Å². The fourth-order valence-electron chi connectivity index (χ4n) is 2.77. The molecule has 0 atom stereocenters. The van der Waals surface area contributed by atoms with E-state index in [1.807, 2.05) is 52.0 Å². The Morgan fingerprint density at radius 1 is 1.00 bits per heavy atom. The lowest BCUT2D eigenvalue weighted by Gasteiger charge is -2.13. The third-order valence-electron chi connectivity index (χ3n) is 3.97. The number of anilines is 1. The molecule has 1 amide bonds. The highest BCUT2D eigenvalue weighted by Crippen LogP contribution is 2.29. The second-order valence-electron chi connectivity index (χ2n) is 6.21. The van der Waals surface area contributed by atoms with Crippen molar-refractivity contribution in [1.29, 1.82) is 0 Å². The van der Waals surface area contributed by atoms with E-state index in [-0.39, 0.29) is 5.91 Å². The zero-order valence-electron chi connectivity index (χ0n) is 15.0. The predicted molar refractivity (Wildman–Crippen MR) is 95.6 cm³/mol. The van der Waals surface area contributed by atoms with Gasteiger partial charge in [0.05, 0.1) is 5.56 Å². The average Bonchev–Trinajstić information content (AvgIpc) is 2.95. The number of carbonyl (C=O) groups is 1. The summed E-state index contributed by atoms with van der Waals surface area (Å²) >= 11 is 0. The molecule has 1 aromatic carbocycles. The number of carbonyl (C=O) groups excluding carboxylic acids is 1. The van der Waals surface area contributed by atoms with E-state index in [1.54, 1.807) is 6.92 Å². The molecule has 0 saturated carbocycles. The largest absolute Gasteiger partial charge is 0.339 e. The first kappa shape index (κ1) is 16.8. The van der Waals surface area contributed by atoms with Crippen molar-refractivity contribution < 1.29 is 9.32 Å². The summed E-state index contributed by atoms with van der Waals surface area (Å²) in [7, 11) is 0. The Hall–Kier alpha value is -3.02. The zero-order chi connectivity index (χ0) is 18.1. The van der Waals surface area contributed by atoms with Crippen molar-refractivity contribution >= 4 is 11.7 Å². The molecule has 6 nitrogen and oxygen atoms in total. The van der Waals surface area contributed by atoms with E-state index in [0.717, 1.165) is 22.4 Å². The van der Waals surface area contributed by atoms with Gasteiger partial charge in [-0.25, -0.2) is 4.98 Å². The van der Waals surface area contributed by atoms with Gasteiger partial charge in [0.2, 0.25) is 11.7 Å². The average molecular weight is 336 g/mol. The number of pyridine rings is 1. The maximum absolute atomic E-state index is 12.8. The minimum atomic E-state index is -0.208. The smallest absolute Gasteiger partial charge is 0.257 e. The lowest BCUT2D eigenvalue weighted by atomic mass is 10.0. The first-order chi connectivity index (χ1) is 11.8. The number of rotatable bonds is 3. The van der Waals surface area contributed by atoms with Gasteiger partial charge in [-0.05, 0) is 51.0 Å². The number of hydrogen-bond acceptors (Lipinski definition) is 5. The molecular weight excluding hydrogens is 316 g/mol. The van der Waals surface area contributed by atoms with E-state index < -0.39 is 0 Å². The van der Waals surface area contributed by atoms with E-state index in [0.29, 0.717) is 28.7 Å². The number of benzene rings is 1. The number of nitrogens with zero attached hydrogens (tertiary/aromatic N) is 3. The predicted octanol–water partition coefficient (Wildman–Crippen LogP) is 3.93. The van der Waals surface area contributed by atoms with Crippen LogP contribution in [0.25, 0.3) is 11.4 Å². The van der Waals surface area contributed by atoms with E-state index in [2.05, 4.69) is 20.4 Å². The summed E-state index contributed by atoms with van der Waals surface area (Å²) in [4.78, 5) is 21.5. The van der Waals surface area contributed by atoms with Crippen LogP contribution in [-0.4, -0.2) is 21.0 Å². The van der Waals surface area contributed by atoms with Gasteiger partial charge in [-0.1, -0.05) is 22.9 Å². The van der Waals surface area contributed by atoms with Gasteiger partial charge >= 0.3 is 0 Å². The van der Waals surface area contributed by atoms with E-state index in [1.165, 1.54) is 0 Å². The second kappa shape index (κ2) is 6.47. The van der Waals surface area contributed by atoms with Crippen molar-refractivity contribution in [2.24, 2.45) is 0 Å². The topological polar surface area (TPSA) is 80.9 Å². The molecule has 0 radical (unpaired) electrons. The lowest BCUT2D eigenvalue weighted by molar-refractivity contribution is 0.102. The molecule has 0 aliphatic carbocycles. The number of nitrogens with one attached hydrogen (secondary N) is 1. The highest BCUT2D eigenvalue weighted by Gasteiger charge is 2.19. The van der Waals surface area contributed by atoms with Crippen LogP contribution in [0.4, 0.5) is 5.82 Å². The maximum Gasteiger partial charge on any atom is 0.257 e. The van der Waals surface area contributed by atoms with Crippen LogP contribution in [0.2, 0.25) is 0 Å². The first-order valence-corrected chi connectivity index (χ1v) is 8.02. The summed E-state index contributed by atoms with van der Waals surface area (Å²) in [5.74, 6) is 1.10. The van der Waals surface area contributed by atoms with Crippen LogP contribution in [0.3, 0.4) is 0 Å². The van der Waals surface area contributed by atoms with Crippen molar-refractivity contribution in [1.82, 2.24) is 15.1 Å². The molecule has 6 heteroatoms. The molecular formula is C19H20N4O2. The quantitative estimate of drug-likeness (QED) is 0.784. The van der Waals surface area contributed by atoms with E-state index >= 15 is 0 Å². The Balaban J connectivity index is 2.05. The molecule has 0 bridgehead atoms. The summed E-state index contributed by atoms with van der Waals surface area (Å²) in [5, 5.41) is 6.88. The normalized spacial score (nSPS) is 10.8.